The summed E-state index contributed by atoms with van der Waals surface area (Å²) < 4.78 is 0. The number of aliphatic hydroxyl groups is 2. The highest BCUT2D eigenvalue weighted by atomic mass is 16.3. The van der Waals surface area contributed by atoms with Crippen LogP contribution in [0.15, 0.2) is 11.1 Å². The van der Waals surface area contributed by atoms with Gasteiger partial charge < -0.3 is 10.2 Å². The summed E-state index contributed by atoms with van der Waals surface area (Å²) in [4.78, 5) is 11.9. The van der Waals surface area contributed by atoms with Crippen molar-refractivity contribution in [1.82, 2.24) is 0 Å². The Bertz CT molecular complexity index is 389. The molecular formula is C15H24O3. The standard InChI is InChI=1S/C15H24O3/c1-8-5-14(17)12(15(3,4)18)6-11-9(2)13(16)7-10(8)11/h8,10,12,14,17-18H,5-7H2,1-4H3/t8-,10+,12-,14+/m0/s1. The van der Waals surface area contributed by atoms with Crippen LogP contribution >= 0.6 is 0 Å². The number of ketones is 1. The Hall–Kier alpha value is -0.670. The van der Waals surface area contributed by atoms with Crippen LogP contribution in [0.4, 0.5) is 0 Å². The Morgan fingerprint density at radius 3 is 2.44 bits per heavy atom. The molecule has 0 heterocycles. The van der Waals surface area contributed by atoms with E-state index in [-0.39, 0.29) is 17.6 Å². The van der Waals surface area contributed by atoms with Crippen LogP contribution in [0.25, 0.3) is 0 Å². The van der Waals surface area contributed by atoms with Gasteiger partial charge in [0.05, 0.1) is 11.7 Å². The molecule has 0 aromatic rings. The van der Waals surface area contributed by atoms with Gasteiger partial charge in [0.25, 0.3) is 0 Å². The monoisotopic (exact) mass is 252 g/mol. The molecule has 18 heavy (non-hydrogen) atoms. The molecule has 0 radical (unpaired) electrons. The van der Waals surface area contributed by atoms with E-state index in [1.807, 2.05) is 6.92 Å². The van der Waals surface area contributed by atoms with Crippen LogP contribution in [0.3, 0.4) is 0 Å². The molecule has 0 aromatic carbocycles. The number of carbonyl (C=O) groups is 1. The van der Waals surface area contributed by atoms with Gasteiger partial charge in [-0.25, -0.2) is 0 Å². The maximum absolute atomic E-state index is 11.9. The fraction of sp³-hybridized carbons (Fsp3) is 0.800. The van der Waals surface area contributed by atoms with Crippen molar-refractivity contribution < 1.29 is 15.0 Å². The number of carbonyl (C=O) groups excluding carboxylic acids is 1. The SMILES string of the molecule is CC1=C2C[C@H](C(C)(C)O)[C@H](O)C[C@H](C)[C@H]2CC1=O. The summed E-state index contributed by atoms with van der Waals surface area (Å²) in [5.74, 6) is 0.650. The van der Waals surface area contributed by atoms with Gasteiger partial charge in [0.2, 0.25) is 0 Å². The molecule has 0 amide bonds. The first kappa shape index (κ1) is 13.8. The van der Waals surface area contributed by atoms with Gasteiger partial charge in [0.1, 0.15) is 0 Å². The molecule has 0 aliphatic heterocycles. The number of Topliss-reactive ketones (excluding diaryl/α,β-unsaturated/α-hetero) is 1. The van der Waals surface area contributed by atoms with Crippen LogP contribution in [-0.2, 0) is 4.79 Å². The number of allylic oxidation sites excluding steroid dienone is 2. The largest absolute Gasteiger partial charge is 0.393 e. The molecule has 0 bridgehead atoms. The summed E-state index contributed by atoms with van der Waals surface area (Å²) in [7, 11) is 0. The highest BCUT2D eigenvalue weighted by molar-refractivity contribution is 5.98. The van der Waals surface area contributed by atoms with E-state index in [4.69, 9.17) is 0 Å². The molecule has 1 fully saturated rings. The third kappa shape index (κ3) is 2.26. The fourth-order valence-electron chi connectivity index (χ4n) is 3.59. The molecule has 2 aliphatic rings. The topological polar surface area (TPSA) is 57.5 Å². The first-order chi connectivity index (χ1) is 8.21. The molecule has 1 saturated carbocycles. The van der Waals surface area contributed by atoms with Gasteiger partial charge in [-0.1, -0.05) is 12.5 Å². The summed E-state index contributed by atoms with van der Waals surface area (Å²) in [5, 5.41) is 20.5. The molecule has 0 aromatic heterocycles. The maximum Gasteiger partial charge on any atom is 0.159 e. The predicted molar refractivity (Wildman–Crippen MR) is 70.0 cm³/mol. The average molecular weight is 252 g/mol. The third-order valence-electron chi connectivity index (χ3n) is 4.86. The second kappa shape index (κ2) is 4.46. The van der Waals surface area contributed by atoms with Crippen molar-refractivity contribution in [3.8, 4) is 0 Å². The van der Waals surface area contributed by atoms with Crippen LogP contribution in [0, 0.1) is 17.8 Å². The van der Waals surface area contributed by atoms with E-state index in [0.29, 0.717) is 25.2 Å². The quantitative estimate of drug-likeness (QED) is 0.751. The van der Waals surface area contributed by atoms with Crippen LogP contribution < -0.4 is 0 Å². The number of hydrogen-bond donors (Lipinski definition) is 2. The van der Waals surface area contributed by atoms with Gasteiger partial charge in [-0.2, -0.15) is 0 Å². The zero-order chi connectivity index (χ0) is 13.7. The highest BCUT2D eigenvalue weighted by Crippen LogP contribution is 2.46. The van der Waals surface area contributed by atoms with E-state index < -0.39 is 11.7 Å². The molecule has 0 unspecified atom stereocenters. The van der Waals surface area contributed by atoms with Gasteiger partial charge in [-0.3, -0.25) is 4.79 Å². The molecule has 0 saturated heterocycles. The molecule has 2 aliphatic carbocycles. The Labute approximate surface area is 109 Å². The lowest BCUT2D eigenvalue weighted by Gasteiger charge is -2.32. The molecule has 3 heteroatoms. The minimum atomic E-state index is -0.910. The first-order valence-corrected chi connectivity index (χ1v) is 6.85. The lowest BCUT2D eigenvalue weighted by Crippen LogP contribution is -2.39. The lowest BCUT2D eigenvalue weighted by molar-refractivity contribution is -0.115. The fourth-order valence-corrected chi connectivity index (χ4v) is 3.59. The Balaban J connectivity index is 2.37. The maximum atomic E-state index is 11.9. The molecule has 0 spiro atoms. The van der Waals surface area contributed by atoms with E-state index in [1.165, 1.54) is 5.57 Å². The summed E-state index contributed by atoms with van der Waals surface area (Å²) in [6.07, 6.45) is 1.43. The minimum Gasteiger partial charge on any atom is -0.393 e. The smallest absolute Gasteiger partial charge is 0.159 e. The van der Waals surface area contributed by atoms with Gasteiger partial charge in [0, 0.05) is 12.3 Å². The minimum absolute atomic E-state index is 0.180. The molecule has 2 N–H and O–H groups in total. The Morgan fingerprint density at radius 1 is 1.28 bits per heavy atom. The van der Waals surface area contributed by atoms with E-state index >= 15 is 0 Å². The summed E-state index contributed by atoms with van der Waals surface area (Å²) in [5.41, 5.74) is 1.14. The van der Waals surface area contributed by atoms with Crippen LogP contribution in [0.5, 0.6) is 0 Å². The predicted octanol–water partition coefficient (Wildman–Crippen LogP) is 2.07. The van der Waals surface area contributed by atoms with Crippen LogP contribution in [-0.4, -0.2) is 27.7 Å². The highest BCUT2D eigenvalue weighted by Gasteiger charge is 2.43. The van der Waals surface area contributed by atoms with E-state index in [1.54, 1.807) is 13.8 Å². The van der Waals surface area contributed by atoms with Gasteiger partial charge in [-0.05, 0) is 51.0 Å². The lowest BCUT2D eigenvalue weighted by atomic mass is 9.81. The second-order valence-corrected chi connectivity index (χ2v) is 6.63. The van der Waals surface area contributed by atoms with Gasteiger partial charge in [-0.15, -0.1) is 0 Å². The van der Waals surface area contributed by atoms with Crippen LogP contribution in [0.2, 0.25) is 0 Å². The number of rotatable bonds is 1. The van der Waals surface area contributed by atoms with Gasteiger partial charge >= 0.3 is 0 Å². The second-order valence-electron chi connectivity index (χ2n) is 6.63. The van der Waals surface area contributed by atoms with Crippen molar-refractivity contribution in [3.05, 3.63) is 11.1 Å². The normalized spacial score (nSPS) is 37.8. The van der Waals surface area contributed by atoms with Crippen molar-refractivity contribution in [3.63, 3.8) is 0 Å². The average Bonchev–Trinajstić information content (AvgIpc) is 2.43. The number of fused-ring (bicyclic) bond motifs is 1. The summed E-state index contributed by atoms with van der Waals surface area (Å²) >= 11 is 0. The number of hydrogen-bond acceptors (Lipinski definition) is 3. The summed E-state index contributed by atoms with van der Waals surface area (Å²) in [6, 6.07) is 0. The van der Waals surface area contributed by atoms with Crippen molar-refractivity contribution in [1.29, 1.82) is 0 Å². The third-order valence-corrected chi connectivity index (χ3v) is 4.86. The molecule has 102 valence electrons. The van der Waals surface area contributed by atoms with E-state index in [9.17, 15) is 15.0 Å². The number of aliphatic hydroxyl groups excluding tert-OH is 1. The van der Waals surface area contributed by atoms with E-state index in [2.05, 4.69) is 6.92 Å². The Kier molecular flexibility index (Phi) is 3.41. The molecular weight excluding hydrogens is 228 g/mol. The Morgan fingerprint density at radius 2 is 1.89 bits per heavy atom. The zero-order valence-corrected chi connectivity index (χ0v) is 11.7. The van der Waals surface area contributed by atoms with Crippen molar-refractivity contribution in [2.24, 2.45) is 17.8 Å². The molecule has 3 nitrogen and oxygen atoms in total. The molecule has 4 atom stereocenters. The van der Waals surface area contributed by atoms with Crippen molar-refractivity contribution in [2.45, 2.75) is 58.7 Å². The van der Waals surface area contributed by atoms with E-state index in [0.717, 1.165) is 5.57 Å². The van der Waals surface area contributed by atoms with Crippen molar-refractivity contribution in [2.75, 3.05) is 0 Å². The van der Waals surface area contributed by atoms with Crippen molar-refractivity contribution >= 4 is 5.78 Å². The molecule has 2 rings (SSSR count). The van der Waals surface area contributed by atoms with Crippen LogP contribution in [0.1, 0.15) is 47.0 Å². The zero-order valence-electron chi connectivity index (χ0n) is 11.7. The van der Waals surface area contributed by atoms with Gasteiger partial charge in [0.15, 0.2) is 5.78 Å². The summed E-state index contributed by atoms with van der Waals surface area (Å²) in [6.45, 7) is 7.49. The first-order valence-electron chi connectivity index (χ1n) is 6.85.